The largest absolute Gasteiger partial charge is 0.403 e. The Morgan fingerprint density at radius 3 is 2.51 bits per heavy atom. The molecule has 1 saturated carbocycles. The van der Waals surface area contributed by atoms with Crippen LogP contribution in [0.4, 0.5) is 11.4 Å². The number of aldehydes is 1. The lowest BCUT2D eigenvalue weighted by Gasteiger charge is -2.42. The summed E-state index contributed by atoms with van der Waals surface area (Å²) < 4.78 is 0. The Labute approximate surface area is 240 Å². The Hall–Kier alpha value is -4.21. The van der Waals surface area contributed by atoms with Gasteiger partial charge in [0.15, 0.2) is 6.29 Å². The summed E-state index contributed by atoms with van der Waals surface area (Å²) in [4.78, 5) is 53.7. The van der Waals surface area contributed by atoms with Gasteiger partial charge in [-0.3, -0.25) is 29.5 Å². The predicted octanol–water partition coefficient (Wildman–Crippen LogP) is 3.97. The third kappa shape index (κ3) is 7.11. The number of fused-ring (bicyclic) bond motifs is 1. The van der Waals surface area contributed by atoms with Crippen molar-refractivity contribution in [3.8, 4) is 0 Å². The highest BCUT2D eigenvalue weighted by molar-refractivity contribution is 6.10. The molecular weight excluding hydrogens is 520 g/mol. The zero-order valence-corrected chi connectivity index (χ0v) is 23.8. The van der Waals surface area contributed by atoms with E-state index in [1.54, 1.807) is 12.3 Å². The fraction of sp³-hybridized carbons (Fsp3) is 0.452. The second kappa shape index (κ2) is 13.4. The number of likely N-dealkylation sites (tertiary alicyclic amines) is 1. The number of benzene rings is 2. The molecule has 2 aromatic rings. The minimum absolute atomic E-state index is 0.0842. The second-order valence-electron chi connectivity index (χ2n) is 11.3. The van der Waals surface area contributed by atoms with Crippen LogP contribution in [0.2, 0.25) is 0 Å². The molecule has 1 aliphatic heterocycles. The number of nitrogens with two attached hydrogens (primary N) is 1. The van der Waals surface area contributed by atoms with Crippen LogP contribution >= 0.6 is 0 Å². The normalized spacial score (nSPS) is 18.0. The van der Waals surface area contributed by atoms with Gasteiger partial charge < -0.3 is 21.3 Å². The Balaban J connectivity index is 1.43. The molecule has 0 spiro atoms. The molecule has 2 fully saturated rings. The van der Waals surface area contributed by atoms with Crippen LogP contribution in [0.25, 0.3) is 10.8 Å². The highest BCUT2D eigenvalue weighted by Crippen LogP contribution is 2.42. The van der Waals surface area contributed by atoms with E-state index in [0.29, 0.717) is 24.1 Å². The predicted molar refractivity (Wildman–Crippen MR) is 162 cm³/mol. The Morgan fingerprint density at radius 2 is 1.88 bits per heavy atom. The second-order valence-corrected chi connectivity index (χ2v) is 11.3. The SMILES string of the molecule is CC(CCC(=O)NC=O)Nc1ccc(N/C(C=NC2CCN(C(=O)C3(C)CCC3)CC2)=C/N)c2cccc(C=O)c12. The molecule has 4 rings (SSSR count). The van der Waals surface area contributed by atoms with Crippen molar-refractivity contribution < 1.29 is 19.2 Å². The molecule has 0 radical (unpaired) electrons. The smallest absolute Gasteiger partial charge is 0.228 e. The Bertz CT molecular complexity index is 1340. The van der Waals surface area contributed by atoms with E-state index >= 15 is 0 Å². The van der Waals surface area contributed by atoms with Crippen LogP contribution in [0.5, 0.6) is 0 Å². The van der Waals surface area contributed by atoms with Crippen molar-refractivity contribution in [1.82, 2.24) is 10.2 Å². The number of piperidine rings is 1. The van der Waals surface area contributed by atoms with Gasteiger partial charge in [-0.1, -0.05) is 31.5 Å². The number of aliphatic imine (C=N–C) groups is 1. The summed E-state index contributed by atoms with van der Waals surface area (Å²) in [5.41, 5.74) is 8.47. The maximum atomic E-state index is 12.8. The molecule has 1 saturated heterocycles. The summed E-state index contributed by atoms with van der Waals surface area (Å²) in [7, 11) is 0. The summed E-state index contributed by atoms with van der Waals surface area (Å²) in [6, 6.07) is 9.35. The number of hydrogen-bond acceptors (Lipinski definition) is 8. The molecule has 1 unspecified atom stereocenters. The summed E-state index contributed by atoms with van der Waals surface area (Å²) in [5, 5.41) is 10.5. The van der Waals surface area contributed by atoms with Crippen LogP contribution in [0.3, 0.4) is 0 Å². The Morgan fingerprint density at radius 1 is 1.15 bits per heavy atom. The third-order valence-electron chi connectivity index (χ3n) is 8.23. The van der Waals surface area contributed by atoms with E-state index in [1.807, 2.05) is 36.1 Å². The van der Waals surface area contributed by atoms with Crippen molar-refractivity contribution in [3.63, 3.8) is 0 Å². The van der Waals surface area contributed by atoms with Gasteiger partial charge in [0.1, 0.15) is 0 Å². The topological polar surface area (TPSA) is 146 Å². The lowest BCUT2D eigenvalue weighted by molar-refractivity contribution is -0.147. The fourth-order valence-corrected chi connectivity index (χ4v) is 5.56. The van der Waals surface area contributed by atoms with E-state index in [1.165, 1.54) is 6.20 Å². The monoisotopic (exact) mass is 560 g/mol. The van der Waals surface area contributed by atoms with Gasteiger partial charge in [-0.15, -0.1) is 0 Å². The molecule has 0 aromatic heterocycles. The quantitative estimate of drug-likeness (QED) is 0.227. The fourth-order valence-electron chi connectivity index (χ4n) is 5.56. The highest BCUT2D eigenvalue weighted by atomic mass is 16.2. The van der Waals surface area contributed by atoms with E-state index in [0.717, 1.165) is 73.6 Å². The lowest BCUT2D eigenvalue weighted by Crippen LogP contribution is -2.49. The van der Waals surface area contributed by atoms with Crippen LogP contribution in [0, 0.1) is 5.41 Å². The number of anilines is 2. The van der Waals surface area contributed by atoms with E-state index in [-0.39, 0.29) is 35.7 Å². The molecule has 1 aliphatic carbocycles. The molecule has 10 heteroatoms. The number of nitrogens with one attached hydrogen (secondary N) is 3. The van der Waals surface area contributed by atoms with Crippen molar-refractivity contribution in [2.45, 2.75) is 70.9 Å². The summed E-state index contributed by atoms with van der Waals surface area (Å²) >= 11 is 0. The van der Waals surface area contributed by atoms with E-state index in [2.05, 4.69) is 22.9 Å². The van der Waals surface area contributed by atoms with Crippen LogP contribution in [0.15, 0.2) is 47.2 Å². The van der Waals surface area contributed by atoms with Crippen molar-refractivity contribution in [2.24, 2.45) is 16.1 Å². The van der Waals surface area contributed by atoms with Crippen LogP contribution < -0.4 is 21.7 Å². The summed E-state index contributed by atoms with van der Waals surface area (Å²) in [6.45, 7) is 5.46. The molecule has 10 nitrogen and oxygen atoms in total. The molecule has 41 heavy (non-hydrogen) atoms. The van der Waals surface area contributed by atoms with E-state index in [4.69, 9.17) is 10.7 Å². The zero-order valence-electron chi connectivity index (χ0n) is 23.8. The van der Waals surface area contributed by atoms with Crippen molar-refractivity contribution in [1.29, 1.82) is 0 Å². The molecule has 3 amide bonds. The molecular formula is C31H40N6O4. The van der Waals surface area contributed by atoms with E-state index < -0.39 is 0 Å². The number of allylic oxidation sites excluding steroid dienone is 1. The van der Waals surface area contributed by atoms with Gasteiger partial charge in [0.05, 0.1) is 11.7 Å². The van der Waals surface area contributed by atoms with Crippen molar-refractivity contribution in [2.75, 3.05) is 23.7 Å². The number of nitrogens with zero attached hydrogens (tertiary/aromatic N) is 2. The first-order valence-electron chi connectivity index (χ1n) is 14.3. The molecule has 2 aliphatic rings. The lowest BCUT2D eigenvalue weighted by atomic mass is 9.69. The molecule has 2 aromatic carbocycles. The summed E-state index contributed by atoms with van der Waals surface area (Å²) in [6.07, 6.45) is 9.86. The first-order valence-corrected chi connectivity index (χ1v) is 14.3. The molecule has 0 bridgehead atoms. The van der Waals surface area contributed by atoms with Crippen LogP contribution in [0.1, 0.15) is 69.2 Å². The number of rotatable bonds is 12. The average Bonchev–Trinajstić information content (AvgIpc) is 2.97. The van der Waals surface area contributed by atoms with Gasteiger partial charge >= 0.3 is 0 Å². The number of hydrogen-bond donors (Lipinski definition) is 4. The standard InChI is InChI=1S/C31H40N6O4/c1-21(7-10-28(40)34-20-39)35-27-9-8-26(25-6-3-5-22(19-38)29(25)27)36-24(17-32)18-33-23-11-15-37(16-12-23)30(41)31(2)13-4-14-31/h3,5-6,8-9,17-21,23,35-36H,4,7,10-16,32H2,1-2H3,(H,34,39,40)/b24-17+,33-18?. The van der Waals surface area contributed by atoms with Crippen molar-refractivity contribution >= 4 is 52.9 Å². The molecule has 218 valence electrons. The van der Waals surface area contributed by atoms with Gasteiger partial charge in [-0.25, -0.2) is 0 Å². The molecule has 1 atom stereocenters. The first kappa shape index (κ1) is 29.8. The Kier molecular flexibility index (Phi) is 9.75. The highest BCUT2D eigenvalue weighted by Gasteiger charge is 2.42. The first-order chi connectivity index (χ1) is 19.8. The average molecular weight is 561 g/mol. The minimum atomic E-state index is -0.337. The number of carbonyl (C=O) groups is 4. The number of carbonyl (C=O) groups excluding carboxylic acids is 4. The maximum Gasteiger partial charge on any atom is 0.228 e. The van der Waals surface area contributed by atoms with Gasteiger partial charge in [-0.05, 0) is 51.2 Å². The minimum Gasteiger partial charge on any atom is -0.403 e. The third-order valence-corrected chi connectivity index (χ3v) is 8.23. The van der Waals surface area contributed by atoms with Crippen molar-refractivity contribution in [3.05, 3.63) is 47.8 Å². The van der Waals surface area contributed by atoms with Gasteiger partial charge in [0.25, 0.3) is 0 Å². The number of amides is 3. The molecule has 1 heterocycles. The van der Waals surface area contributed by atoms with E-state index in [9.17, 15) is 19.2 Å². The van der Waals surface area contributed by atoms with Crippen LogP contribution in [-0.4, -0.2) is 60.8 Å². The van der Waals surface area contributed by atoms with Gasteiger partial charge in [-0.2, -0.15) is 0 Å². The number of imide groups is 1. The zero-order chi connectivity index (χ0) is 29.4. The van der Waals surface area contributed by atoms with Gasteiger partial charge in [0, 0.05) is 71.1 Å². The summed E-state index contributed by atoms with van der Waals surface area (Å²) in [5.74, 6) is -0.0517. The molecule has 5 N–H and O–H groups in total. The van der Waals surface area contributed by atoms with Gasteiger partial charge in [0.2, 0.25) is 18.2 Å². The maximum absolute atomic E-state index is 12.8. The van der Waals surface area contributed by atoms with Crippen LogP contribution in [-0.2, 0) is 14.4 Å².